The second-order valence-corrected chi connectivity index (χ2v) is 6.22. The number of carbonyl (C=O) groups excluding carboxylic acids is 1. The number of primary amides is 1. The third kappa shape index (κ3) is 4.54. The van der Waals surface area contributed by atoms with Crippen molar-refractivity contribution in [2.24, 2.45) is 5.73 Å². The molecule has 5 nitrogen and oxygen atoms in total. The maximum atomic E-state index is 11.7. The van der Waals surface area contributed by atoms with Crippen LogP contribution in [0.2, 0.25) is 5.02 Å². The zero-order valence-electron chi connectivity index (χ0n) is 9.97. The van der Waals surface area contributed by atoms with E-state index in [0.29, 0.717) is 17.1 Å². The lowest BCUT2D eigenvalue weighted by Gasteiger charge is -2.22. The zero-order chi connectivity index (χ0) is 13.8. The largest absolute Gasteiger partial charge is 0.370 e. The number of amides is 1. The summed E-state index contributed by atoms with van der Waals surface area (Å²) in [5, 5.41) is 0.532. The molecule has 0 spiro atoms. The van der Waals surface area contributed by atoms with Crippen molar-refractivity contribution < 1.29 is 13.2 Å². The molecule has 1 rings (SSSR count). The van der Waals surface area contributed by atoms with Gasteiger partial charge in [0.25, 0.3) is 0 Å². The molecule has 0 saturated heterocycles. The first-order valence-corrected chi connectivity index (χ1v) is 7.55. The fourth-order valence-corrected chi connectivity index (χ4v) is 2.58. The summed E-state index contributed by atoms with van der Waals surface area (Å²) in [7, 11) is -3.39. The predicted molar refractivity (Wildman–Crippen MR) is 72.1 cm³/mol. The number of nitrogens with two attached hydrogens (primary N) is 1. The van der Waals surface area contributed by atoms with Gasteiger partial charge in [-0.1, -0.05) is 11.6 Å². The first-order valence-electron chi connectivity index (χ1n) is 5.32. The Balaban J connectivity index is 2.86. The van der Waals surface area contributed by atoms with Gasteiger partial charge in [0.15, 0.2) is 0 Å². The fourth-order valence-electron chi connectivity index (χ4n) is 1.49. The van der Waals surface area contributed by atoms with Crippen molar-refractivity contribution in [3.8, 4) is 0 Å². The second-order valence-electron chi connectivity index (χ2n) is 3.88. The Morgan fingerprint density at radius 2 is 1.89 bits per heavy atom. The average Bonchev–Trinajstić information content (AvgIpc) is 2.24. The second kappa shape index (κ2) is 6.06. The number of nitrogens with zero attached hydrogens (tertiary/aromatic N) is 1. The Morgan fingerprint density at radius 3 is 2.33 bits per heavy atom. The van der Waals surface area contributed by atoms with Crippen LogP contribution in [0.5, 0.6) is 0 Å². The van der Waals surface area contributed by atoms with Gasteiger partial charge < -0.3 is 5.73 Å². The van der Waals surface area contributed by atoms with Gasteiger partial charge in [-0.15, -0.1) is 0 Å². The molecule has 2 N–H and O–H groups in total. The highest BCUT2D eigenvalue weighted by Gasteiger charge is 2.16. The van der Waals surface area contributed by atoms with Crippen LogP contribution in [0.4, 0.5) is 5.69 Å². The van der Waals surface area contributed by atoms with Crippen molar-refractivity contribution in [1.82, 2.24) is 0 Å². The number of hydrogen-bond acceptors (Lipinski definition) is 3. The van der Waals surface area contributed by atoms with Crippen molar-refractivity contribution >= 4 is 33.2 Å². The summed E-state index contributed by atoms with van der Waals surface area (Å²) >= 11 is 5.75. The number of sulfonamides is 1. The molecule has 100 valence electrons. The van der Waals surface area contributed by atoms with Gasteiger partial charge in [0.1, 0.15) is 0 Å². The molecule has 0 saturated carbocycles. The van der Waals surface area contributed by atoms with Crippen molar-refractivity contribution in [2.75, 3.05) is 17.1 Å². The van der Waals surface area contributed by atoms with E-state index in [2.05, 4.69) is 0 Å². The molecule has 0 aromatic heterocycles. The van der Waals surface area contributed by atoms with Crippen LogP contribution >= 0.6 is 11.6 Å². The molecular formula is C11H15ClN2O3S. The lowest BCUT2D eigenvalue weighted by Crippen LogP contribution is -2.31. The first kappa shape index (κ1) is 14.8. The monoisotopic (exact) mass is 290 g/mol. The standard InChI is InChI=1S/C11H15ClN2O3S/c1-18(16,17)14(8-2-3-11(13)15)10-6-4-9(12)5-7-10/h4-7H,2-3,8H2,1H3,(H2,13,15). The summed E-state index contributed by atoms with van der Waals surface area (Å²) in [6.45, 7) is 0.212. The molecule has 0 fully saturated rings. The van der Waals surface area contributed by atoms with E-state index in [4.69, 9.17) is 17.3 Å². The van der Waals surface area contributed by atoms with Crippen molar-refractivity contribution in [3.05, 3.63) is 29.3 Å². The van der Waals surface area contributed by atoms with E-state index in [0.717, 1.165) is 6.26 Å². The van der Waals surface area contributed by atoms with Crippen LogP contribution in [0.1, 0.15) is 12.8 Å². The average molecular weight is 291 g/mol. The summed E-state index contributed by atoms with van der Waals surface area (Å²) in [4.78, 5) is 10.6. The predicted octanol–water partition coefficient (Wildman–Crippen LogP) is 1.37. The maximum absolute atomic E-state index is 11.7. The maximum Gasteiger partial charge on any atom is 0.232 e. The van der Waals surface area contributed by atoms with Gasteiger partial charge in [0.2, 0.25) is 15.9 Å². The third-order valence-electron chi connectivity index (χ3n) is 2.30. The van der Waals surface area contributed by atoms with Gasteiger partial charge >= 0.3 is 0 Å². The summed E-state index contributed by atoms with van der Waals surface area (Å²) in [6, 6.07) is 6.47. The SMILES string of the molecule is CS(=O)(=O)N(CCCC(N)=O)c1ccc(Cl)cc1. The zero-order valence-corrected chi connectivity index (χ0v) is 11.5. The Hall–Kier alpha value is -1.27. The minimum atomic E-state index is -3.39. The summed E-state index contributed by atoms with van der Waals surface area (Å²) in [5.74, 6) is -0.445. The molecule has 0 aliphatic rings. The van der Waals surface area contributed by atoms with Gasteiger partial charge in [0.05, 0.1) is 11.9 Å². The number of hydrogen-bond donors (Lipinski definition) is 1. The van der Waals surface area contributed by atoms with Crippen LogP contribution in [-0.4, -0.2) is 27.1 Å². The molecule has 0 heterocycles. The van der Waals surface area contributed by atoms with Gasteiger partial charge in [-0.2, -0.15) is 0 Å². The molecule has 0 aliphatic carbocycles. The smallest absolute Gasteiger partial charge is 0.232 e. The molecule has 1 aromatic carbocycles. The number of halogens is 1. The van der Waals surface area contributed by atoms with Crippen LogP contribution in [-0.2, 0) is 14.8 Å². The Morgan fingerprint density at radius 1 is 1.33 bits per heavy atom. The van der Waals surface area contributed by atoms with E-state index >= 15 is 0 Å². The van der Waals surface area contributed by atoms with E-state index in [-0.39, 0.29) is 13.0 Å². The van der Waals surface area contributed by atoms with Gasteiger partial charge in [-0.25, -0.2) is 8.42 Å². The molecule has 0 radical (unpaired) electrons. The lowest BCUT2D eigenvalue weighted by atomic mass is 10.2. The molecule has 1 amide bonds. The van der Waals surface area contributed by atoms with Gasteiger partial charge in [-0.05, 0) is 30.7 Å². The topological polar surface area (TPSA) is 80.5 Å². The summed E-state index contributed by atoms with van der Waals surface area (Å²) in [6.07, 6.45) is 1.65. The van der Waals surface area contributed by atoms with Gasteiger partial charge in [0, 0.05) is 18.0 Å². The first-order chi connectivity index (χ1) is 8.30. The minimum Gasteiger partial charge on any atom is -0.370 e. The lowest BCUT2D eigenvalue weighted by molar-refractivity contribution is -0.118. The summed E-state index contributed by atoms with van der Waals surface area (Å²) < 4.78 is 24.6. The van der Waals surface area contributed by atoms with Crippen LogP contribution in [0.25, 0.3) is 0 Å². The van der Waals surface area contributed by atoms with E-state index in [1.165, 1.54) is 4.31 Å². The van der Waals surface area contributed by atoms with Crippen molar-refractivity contribution in [1.29, 1.82) is 0 Å². The molecule has 0 aliphatic heterocycles. The molecule has 18 heavy (non-hydrogen) atoms. The molecule has 0 bridgehead atoms. The molecule has 7 heteroatoms. The van der Waals surface area contributed by atoms with Crippen LogP contribution in [0.3, 0.4) is 0 Å². The quantitative estimate of drug-likeness (QED) is 0.859. The number of rotatable bonds is 6. The van der Waals surface area contributed by atoms with Crippen LogP contribution in [0, 0.1) is 0 Å². The number of carbonyl (C=O) groups is 1. The molecule has 0 atom stereocenters. The normalized spacial score (nSPS) is 11.2. The molecule has 1 aromatic rings. The van der Waals surface area contributed by atoms with Crippen LogP contribution < -0.4 is 10.0 Å². The van der Waals surface area contributed by atoms with Crippen LogP contribution in [0.15, 0.2) is 24.3 Å². The van der Waals surface area contributed by atoms with Gasteiger partial charge in [-0.3, -0.25) is 9.10 Å². The highest BCUT2D eigenvalue weighted by atomic mass is 35.5. The van der Waals surface area contributed by atoms with E-state index in [9.17, 15) is 13.2 Å². The van der Waals surface area contributed by atoms with Crippen molar-refractivity contribution in [3.63, 3.8) is 0 Å². The van der Waals surface area contributed by atoms with Crippen molar-refractivity contribution in [2.45, 2.75) is 12.8 Å². The Kier molecular flexibility index (Phi) is 4.98. The Labute approximate surface area is 112 Å². The highest BCUT2D eigenvalue weighted by Crippen LogP contribution is 2.20. The molecular weight excluding hydrogens is 276 g/mol. The number of benzene rings is 1. The molecule has 0 unspecified atom stereocenters. The van der Waals surface area contributed by atoms with E-state index in [1.807, 2.05) is 0 Å². The minimum absolute atomic E-state index is 0.152. The fraction of sp³-hybridized carbons (Fsp3) is 0.364. The van der Waals surface area contributed by atoms with E-state index in [1.54, 1.807) is 24.3 Å². The number of anilines is 1. The third-order valence-corrected chi connectivity index (χ3v) is 3.75. The summed E-state index contributed by atoms with van der Waals surface area (Å²) in [5.41, 5.74) is 5.54. The highest BCUT2D eigenvalue weighted by molar-refractivity contribution is 7.92. The Bertz CT molecular complexity index is 514. The van der Waals surface area contributed by atoms with E-state index < -0.39 is 15.9 Å².